The summed E-state index contributed by atoms with van der Waals surface area (Å²) in [6.07, 6.45) is 5.09. The number of anilines is 1. The zero-order chi connectivity index (χ0) is 21.7. The molecule has 1 fully saturated rings. The van der Waals surface area contributed by atoms with Crippen molar-refractivity contribution in [3.8, 4) is 0 Å². The van der Waals surface area contributed by atoms with Crippen LogP contribution in [0.2, 0.25) is 5.02 Å². The molecule has 0 aromatic heterocycles. The van der Waals surface area contributed by atoms with Gasteiger partial charge in [0.25, 0.3) is 10.0 Å². The highest BCUT2D eigenvalue weighted by Crippen LogP contribution is 2.25. The topological polar surface area (TPSA) is 83.6 Å². The molecule has 2 aromatic carbocycles. The Morgan fingerprint density at radius 2 is 1.60 bits per heavy atom. The standard InChI is InChI=1S/C22H25ClN2O4S/c1-16(26)17-7-11-20(12-8-17)25(15-22(27)24-19-5-3-2-4-6-19)30(28,29)21-13-9-18(23)10-14-21/h7-14,19H,2-6,15H2,1H3,(H,24,27). The number of rotatable bonds is 7. The third-order valence-electron chi connectivity index (χ3n) is 5.22. The molecule has 3 rings (SSSR count). The van der Waals surface area contributed by atoms with E-state index in [4.69, 9.17) is 11.6 Å². The normalized spacial score (nSPS) is 14.9. The van der Waals surface area contributed by atoms with Crippen molar-refractivity contribution in [2.24, 2.45) is 0 Å². The van der Waals surface area contributed by atoms with Gasteiger partial charge in [-0.1, -0.05) is 30.9 Å². The van der Waals surface area contributed by atoms with Crippen molar-refractivity contribution in [1.82, 2.24) is 5.32 Å². The molecule has 1 aliphatic carbocycles. The number of carbonyl (C=O) groups excluding carboxylic acids is 2. The fourth-order valence-electron chi connectivity index (χ4n) is 3.56. The molecule has 0 heterocycles. The largest absolute Gasteiger partial charge is 0.352 e. The van der Waals surface area contributed by atoms with Crippen LogP contribution < -0.4 is 9.62 Å². The second kappa shape index (κ2) is 9.62. The molecule has 0 aliphatic heterocycles. The van der Waals surface area contributed by atoms with Crippen molar-refractivity contribution in [3.05, 3.63) is 59.1 Å². The molecule has 0 atom stereocenters. The third-order valence-corrected chi connectivity index (χ3v) is 7.26. The van der Waals surface area contributed by atoms with Gasteiger partial charge in [-0.15, -0.1) is 0 Å². The lowest BCUT2D eigenvalue weighted by molar-refractivity contribution is -0.120. The van der Waals surface area contributed by atoms with E-state index in [0.29, 0.717) is 16.3 Å². The minimum absolute atomic E-state index is 0.0352. The Hall–Kier alpha value is -2.38. The van der Waals surface area contributed by atoms with Crippen molar-refractivity contribution in [2.45, 2.75) is 50.0 Å². The summed E-state index contributed by atoms with van der Waals surface area (Å²) in [4.78, 5) is 24.3. The maximum absolute atomic E-state index is 13.3. The summed E-state index contributed by atoms with van der Waals surface area (Å²) < 4.78 is 27.7. The highest BCUT2D eigenvalue weighted by Gasteiger charge is 2.28. The quantitative estimate of drug-likeness (QED) is 0.644. The van der Waals surface area contributed by atoms with Crippen LogP contribution in [0, 0.1) is 0 Å². The van der Waals surface area contributed by atoms with E-state index in [2.05, 4.69) is 5.32 Å². The first kappa shape index (κ1) is 22.3. The van der Waals surface area contributed by atoms with Gasteiger partial charge in [0, 0.05) is 16.6 Å². The van der Waals surface area contributed by atoms with Crippen LogP contribution >= 0.6 is 11.6 Å². The molecule has 160 valence electrons. The van der Waals surface area contributed by atoms with Crippen molar-refractivity contribution in [1.29, 1.82) is 0 Å². The lowest BCUT2D eigenvalue weighted by Crippen LogP contribution is -2.44. The Labute approximate surface area is 182 Å². The van der Waals surface area contributed by atoms with Gasteiger partial charge in [-0.25, -0.2) is 8.42 Å². The molecular weight excluding hydrogens is 424 g/mol. The van der Waals surface area contributed by atoms with Crippen LogP contribution in [-0.2, 0) is 14.8 Å². The lowest BCUT2D eigenvalue weighted by Gasteiger charge is -2.27. The summed E-state index contributed by atoms with van der Waals surface area (Å²) >= 11 is 5.89. The first-order chi connectivity index (χ1) is 14.3. The maximum atomic E-state index is 13.3. The smallest absolute Gasteiger partial charge is 0.264 e. The van der Waals surface area contributed by atoms with Crippen LogP contribution in [0.25, 0.3) is 0 Å². The molecule has 1 N–H and O–H groups in total. The molecule has 8 heteroatoms. The average Bonchev–Trinajstić information content (AvgIpc) is 2.73. The van der Waals surface area contributed by atoms with Crippen LogP contribution in [0.4, 0.5) is 5.69 Å². The van der Waals surface area contributed by atoms with E-state index < -0.39 is 10.0 Å². The van der Waals surface area contributed by atoms with Gasteiger partial charge in [0.05, 0.1) is 10.6 Å². The van der Waals surface area contributed by atoms with E-state index in [1.165, 1.54) is 43.3 Å². The summed E-state index contributed by atoms with van der Waals surface area (Å²) in [6, 6.07) is 12.1. The molecule has 0 bridgehead atoms. The van der Waals surface area contributed by atoms with Crippen LogP contribution in [0.3, 0.4) is 0 Å². The SMILES string of the molecule is CC(=O)c1ccc(N(CC(=O)NC2CCCCC2)S(=O)(=O)c2ccc(Cl)cc2)cc1. The number of nitrogens with one attached hydrogen (secondary N) is 1. The second-order valence-corrected chi connectivity index (χ2v) is 9.77. The van der Waals surface area contributed by atoms with Crippen LogP contribution in [0.1, 0.15) is 49.4 Å². The highest BCUT2D eigenvalue weighted by atomic mass is 35.5. The van der Waals surface area contributed by atoms with Gasteiger partial charge >= 0.3 is 0 Å². The molecule has 1 aliphatic rings. The summed E-state index contributed by atoms with van der Waals surface area (Å²) in [6.45, 7) is 1.09. The van der Waals surface area contributed by atoms with Gasteiger partial charge in [-0.2, -0.15) is 0 Å². The molecule has 0 spiro atoms. The van der Waals surface area contributed by atoms with E-state index in [1.54, 1.807) is 12.1 Å². The summed E-state index contributed by atoms with van der Waals surface area (Å²) in [5, 5.41) is 3.38. The zero-order valence-electron chi connectivity index (χ0n) is 16.8. The van der Waals surface area contributed by atoms with E-state index in [9.17, 15) is 18.0 Å². The summed E-state index contributed by atoms with van der Waals surface area (Å²) in [5.74, 6) is -0.473. The Balaban J connectivity index is 1.90. The molecule has 6 nitrogen and oxygen atoms in total. The Morgan fingerprint density at radius 3 is 2.17 bits per heavy atom. The molecule has 0 saturated heterocycles. The van der Waals surface area contributed by atoms with Crippen LogP contribution in [0.15, 0.2) is 53.4 Å². The van der Waals surface area contributed by atoms with Crippen molar-refractivity contribution in [3.63, 3.8) is 0 Å². The monoisotopic (exact) mass is 448 g/mol. The second-order valence-electron chi connectivity index (χ2n) is 7.47. The molecule has 1 amide bonds. The van der Waals surface area contributed by atoms with Crippen molar-refractivity contribution in [2.75, 3.05) is 10.8 Å². The zero-order valence-corrected chi connectivity index (χ0v) is 18.4. The third kappa shape index (κ3) is 5.40. The molecule has 1 saturated carbocycles. The molecule has 30 heavy (non-hydrogen) atoms. The number of sulfonamides is 1. The fourth-order valence-corrected chi connectivity index (χ4v) is 5.11. The fraction of sp³-hybridized carbons (Fsp3) is 0.364. The Bertz CT molecular complexity index is 998. The number of amides is 1. The van der Waals surface area contributed by atoms with Gasteiger partial charge in [0.2, 0.25) is 5.91 Å². The van der Waals surface area contributed by atoms with Gasteiger partial charge < -0.3 is 5.32 Å². The van der Waals surface area contributed by atoms with Gasteiger partial charge in [0.15, 0.2) is 5.78 Å². The predicted octanol–water partition coefficient (Wildman–Crippen LogP) is 4.19. The molecule has 2 aromatic rings. The van der Waals surface area contributed by atoms with E-state index in [-0.39, 0.29) is 29.2 Å². The van der Waals surface area contributed by atoms with Gasteiger partial charge in [-0.05, 0) is 68.3 Å². The highest BCUT2D eigenvalue weighted by molar-refractivity contribution is 7.92. The molecule has 0 unspecified atom stereocenters. The van der Waals surface area contributed by atoms with Gasteiger partial charge in [-0.3, -0.25) is 13.9 Å². The number of hydrogen-bond acceptors (Lipinski definition) is 4. The maximum Gasteiger partial charge on any atom is 0.264 e. The van der Waals surface area contributed by atoms with E-state index >= 15 is 0 Å². The number of benzene rings is 2. The minimum Gasteiger partial charge on any atom is -0.352 e. The van der Waals surface area contributed by atoms with E-state index in [1.807, 2.05) is 0 Å². The summed E-state index contributed by atoms with van der Waals surface area (Å²) in [7, 11) is -4.01. The predicted molar refractivity (Wildman–Crippen MR) is 117 cm³/mol. The number of carbonyl (C=O) groups is 2. The Kier molecular flexibility index (Phi) is 7.15. The molecular formula is C22H25ClN2O4S. The average molecular weight is 449 g/mol. The Morgan fingerprint density at radius 1 is 1.00 bits per heavy atom. The van der Waals surface area contributed by atoms with Crippen LogP contribution in [0.5, 0.6) is 0 Å². The number of ketones is 1. The van der Waals surface area contributed by atoms with Crippen molar-refractivity contribution < 1.29 is 18.0 Å². The number of halogens is 1. The van der Waals surface area contributed by atoms with Crippen molar-refractivity contribution >= 4 is 39.0 Å². The number of Topliss-reactive ketones (excluding diaryl/α,β-unsaturated/α-hetero) is 1. The summed E-state index contributed by atoms with van der Waals surface area (Å²) in [5.41, 5.74) is 0.781. The number of hydrogen-bond donors (Lipinski definition) is 1. The van der Waals surface area contributed by atoms with Gasteiger partial charge in [0.1, 0.15) is 6.54 Å². The first-order valence-corrected chi connectivity index (χ1v) is 11.8. The first-order valence-electron chi connectivity index (χ1n) is 9.96. The minimum atomic E-state index is -4.01. The van der Waals surface area contributed by atoms with Crippen LogP contribution in [-0.4, -0.2) is 32.7 Å². The number of nitrogens with zero attached hydrogens (tertiary/aromatic N) is 1. The lowest BCUT2D eigenvalue weighted by atomic mass is 9.95. The molecule has 0 radical (unpaired) electrons. The van der Waals surface area contributed by atoms with E-state index in [0.717, 1.165) is 36.4 Å².